The molecular weight excluding hydrogens is 328 g/mol. The van der Waals surface area contributed by atoms with Gasteiger partial charge in [-0.15, -0.1) is 17.9 Å². The van der Waals surface area contributed by atoms with E-state index in [4.69, 9.17) is 0 Å². The molecule has 1 heterocycles. The molecule has 76 valence electrons. The second-order valence-corrected chi connectivity index (χ2v) is 6.87. The number of allylic oxidation sites excluding steroid dienone is 1. The molecule has 1 aromatic heterocycles. The molecule has 1 nitrogen and oxygen atoms in total. The van der Waals surface area contributed by atoms with Gasteiger partial charge < -0.3 is 0 Å². The number of hydrogen-bond acceptors (Lipinski definition) is 2. The van der Waals surface area contributed by atoms with Crippen LogP contribution in [0.3, 0.4) is 0 Å². The lowest BCUT2D eigenvalue weighted by molar-refractivity contribution is 0.0982. The van der Waals surface area contributed by atoms with Crippen molar-refractivity contribution in [2.24, 2.45) is 0 Å². The lowest BCUT2D eigenvalue weighted by Gasteiger charge is -1.98. The van der Waals surface area contributed by atoms with E-state index in [0.717, 1.165) is 25.1 Å². The molecule has 1 rings (SSSR count). The Morgan fingerprint density at radius 2 is 2.14 bits per heavy atom. The van der Waals surface area contributed by atoms with Crippen molar-refractivity contribution in [3.8, 4) is 0 Å². The minimum atomic E-state index is 0.168. The van der Waals surface area contributed by atoms with Crippen molar-refractivity contribution in [2.45, 2.75) is 19.8 Å². The third kappa shape index (κ3) is 3.33. The number of ketones is 1. The molecule has 0 aliphatic rings. The van der Waals surface area contributed by atoms with Crippen molar-refractivity contribution >= 4 is 49.0 Å². The van der Waals surface area contributed by atoms with Gasteiger partial charge in [0.15, 0.2) is 5.78 Å². The fraction of sp³-hybridized carbons (Fsp3) is 0.300. The monoisotopic (exact) mass is 336 g/mol. The summed E-state index contributed by atoms with van der Waals surface area (Å²) >= 11 is 8.24. The van der Waals surface area contributed by atoms with Gasteiger partial charge in [0.1, 0.15) is 0 Å². The van der Waals surface area contributed by atoms with Crippen LogP contribution in [0.25, 0.3) is 0 Å². The van der Waals surface area contributed by atoms with E-state index >= 15 is 0 Å². The Bertz CT molecular complexity index is 368. The number of carbonyl (C=O) groups is 1. The van der Waals surface area contributed by atoms with Gasteiger partial charge in [0.05, 0.1) is 7.57 Å². The molecule has 0 saturated heterocycles. The van der Waals surface area contributed by atoms with Crippen molar-refractivity contribution in [1.29, 1.82) is 0 Å². The van der Waals surface area contributed by atoms with Crippen molar-refractivity contribution in [2.75, 3.05) is 0 Å². The zero-order chi connectivity index (χ0) is 10.7. The van der Waals surface area contributed by atoms with Gasteiger partial charge in [-0.05, 0) is 51.3 Å². The van der Waals surface area contributed by atoms with Crippen LogP contribution in [-0.4, -0.2) is 5.78 Å². The van der Waals surface area contributed by atoms with Gasteiger partial charge in [0, 0.05) is 12.0 Å². The van der Waals surface area contributed by atoms with Crippen molar-refractivity contribution < 1.29 is 4.79 Å². The number of Topliss-reactive ketones (excluding diaryl/α,β-unsaturated/α-hetero) is 1. The van der Waals surface area contributed by atoms with Crippen LogP contribution in [0.5, 0.6) is 0 Å². The van der Waals surface area contributed by atoms with Gasteiger partial charge in [0.25, 0.3) is 0 Å². The number of carbonyl (C=O) groups excluding carboxylic acids is 1. The largest absolute Gasteiger partial charge is 0.294 e. The van der Waals surface area contributed by atoms with Crippen LogP contribution in [0, 0.1) is 0 Å². The average molecular weight is 338 g/mol. The van der Waals surface area contributed by atoms with Crippen LogP contribution < -0.4 is 0 Å². The zero-order valence-corrected chi connectivity index (χ0v) is 11.8. The van der Waals surface area contributed by atoms with Gasteiger partial charge in [-0.1, -0.05) is 5.57 Å². The van der Waals surface area contributed by atoms with Crippen molar-refractivity contribution in [3.05, 3.63) is 31.4 Å². The van der Waals surface area contributed by atoms with Crippen molar-refractivity contribution in [1.82, 2.24) is 0 Å². The Labute approximate surface area is 104 Å². The summed E-state index contributed by atoms with van der Waals surface area (Å²) in [6.07, 6.45) is 1.30. The molecule has 0 aromatic carbocycles. The molecule has 0 fully saturated rings. The van der Waals surface area contributed by atoms with Crippen molar-refractivity contribution in [3.63, 3.8) is 0 Å². The van der Waals surface area contributed by atoms with Gasteiger partial charge in [0.2, 0.25) is 0 Å². The van der Waals surface area contributed by atoms with Crippen LogP contribution >= 0.6 is 43.2 Å². The standard InChI is InChI=1S/C10H10Br2OS/c1-6(2)3-4-8(13)7-5-9(11)14-10(7)12/h5H,1,3-4H2,2H3. The van der Waals surface area contributed by atoms with Crippen LogP contribution in [0.4, 0.5) is 0 Å². The first kappa shape index (κ1) is 12.1. The van der Waals surface area contributed by atoms with E-state index in [-0.39, 0.29) is 5.78 Å². The highest BCUT2D eigenvalue weighted by Crippen LogP contribution is 2.32. The van der Waals surface area contributed by atoms with E-state index in [1.54, 1.807) is 0 Å². The molecule has 0 aliphatic carbocycles. The highest BCUT2D eigenvalue weighted by atomic mass is 79.9. The first-order chi connectivity index (χ1) is 6.50. The topological polar surface area (TPSA) is 17.1 Å². The Kier molecular flexibility index (Phi) is 4.54. The summed E-state index contributed by atoms with van der Waals surface area (Å²) in [5, 5.41) is 0. The number of rotatable bonds is 4. The molecule has 0 spiro atoms. The van der Waals surface area contributed by atoms with E-state index in [0.29, 0.717) is 6.42 Å². The number of thiophene rings is 1. The van der Waals surface area contributed by atoms with E-state index in [1.807, 2.05) is 13.0 Å². The van der Waals surface area contributed by atoms with Crippen LogP contribution in [0.1, 0.15) is 30.1 Å². The second-order valence-electron chi connectivity index (χ2n) is 3.12. The fourth-order valence-corrected chi connectivity index (χ4v) is 3.85. The fourth-order valence-electron chi connectivity index (χ4n) is 0.992. The number of halogens is 2. The lowest BCUT2D eigenvalue weighted by Crippen LogP contribution is -1.97. The molecule has 0 aliphatic heterocycles. The Hall–Kier alpha value is 0.0700. The van der Waals surface area contributed by atoms with Gasteiger partial charge in [-0.3, -0.25) is 4.79 Å². The van der Waals surface area contributed by atoms with Gasteiger partial charge in [-0.2, -0.15) is 0 Å². The summed E-state index contributed by atoms with van der Waals surface area (Å²) in [7, 11) is 0. The Morgan fingerprint density at radius 1 is 1.50 bits per heavy atom. The molecule has 0 amide bonds. The maximum Gasteiger partial charge on any atom is 0.165 e. The minimum Gasteiger partial charge on any atom is -0.294 e. The smallest absolute Gasteiger partial charge is 0.165 e. The number of hydrogen-bond donors (Lipinski definition) is 0. The van der Waals surface area contributed by atoms with E-state index < -0.39 is 0 Å². The second kappa shape index (κ2) is 5.24. The quantitative estimate of drug-likeness (QED) is 0.569. The van der Waals surface area contributed by atoms with Gasteiger partial charge >= 0.3 is 0 Å². The summed E-state index contributed by atoms with van der Waals surface area (Å²) in [5.74, 6) is 0.168. The summed E-state index contributed by atoms with van der Waals surface area (Å²) in [6, 6.07) is 1.86. The Balaban J connectivity index is 2.69. The predicted octanol–water partition coefficient (Wildman–Crippen LogP) is 4.81. The summed E-state index contributed by atoms with van der Waals surface area (Å²) < 4.78 is 1.87. The van der Waals surface area contributed by atoms with Crippen LogP contribution in [-0.2, 0) is 0 Å². The highest BCUT2D eigenvalue weighted by Gasteiger charge is 2.12. The molecule has 0 unspecified atom stereocenters. The Morgan fingerprint density at radius 3 is 2.57 bits per heavy atom. The van der Waals surface area contributed by atoms with Crippen LogP contribution in [0.15, 0.2) is 25.8 Å². The predicted molar refractivity (Wildman–Crippen MR) is 68.1 cm³/mol. The maximum absolute atomic E-state index is 11.7. The zero-order valence-electron chi connectivity index (χ0n) is 7.77. The third-order valence-corrected chi connectivity index (χ3v) is 4.08. The van der Waals surface area contributed by atoms with Crippen LogP contribution in [0.2, 0.25) is 0 Å². The summed E-state index contributed by atoms with van der Waals surface area (Å²) in [4.78, 5) is 11.7. The highest BCUT2D eigenvalue weighted by molar-refractivity contribution is 9.12. The molecular formula is C10H10Br2OS. The first-order valence-corrected chi connectivity index (χ1v) is 6.53. The molecule has 0 saturated carbocycles. The first-order valence-electron chi connectivity index (χ1n) is 4.13. The summed E-state index contributed by atoms with van der Waals surface area (Å²) in [5.41, 5.74) is 1.81. The molecule has 0 N–H and O–H groups in total. The van der Waals surface area contributed by atoms with Gasteiger partial charge in [-0.25, -0.2) is 0 Å². The molecule has 0 radical (unpaired) electrons. The molecule has 4 heteroatoms. The van der Waals surface area contributed by atoms with E-state index in [9.17, 15) is 4.79 Å². The molecule has 0 bridgehead atoms. The molecule has 1 aromatic rings. The SMILES string of the molecule is C=C(C)CCC(=O)c1cc(Br)sc1Br. The molecule has 0 atom stereocenters. The normalized spacial score (nSPS) is 10.2. The maximum atomic E-state index is 11.7. The summed E-state index contributed by atoms with van der Waals surface area (Å²) in [6.45, 7) is 5.71. The average Bonchev–Trinajstić information content (AvgIpc) is 2.41. The lowest BCUT2D eigenvalue weighted by atomic mass is 10.1. The third-order valence-electron chi connectivity index (χ3n) is 1.74. The van der Waals surface area contributed by atoms with E-state index in [2.05, 4.69) is 38.4 Å². The molecule has 14 heavy (non-hydrogen) atoms. The minimum absolute atomic E-state index is 0.168. The van der Waals surface area contributed by atoms with E-state index in [1.165, 1.54) is 11.3 Å².